The van der Waals surface area contributed by atoms with Gasteiger partial charge in [-0.25, -0.2) is 4.79 Å². The minimum absolute atomic E-state index is 0.0337. The lowest BCUT2D eigenvalue weighted by Crippen LogP contribution is -2.59. The Morgan fingerprint density at radius 2 is 1.86 bits per heavy atom. The Hall–Kier alpha value is -2.54. The van der Waals surface area contributed by atoms with Crippen LogP contribution < -0.4 is 9.47 Å². The maximum Gasteiger partial charge on any atom is 0.334 e. The van der Waals surface area contributed by atoms with Crippen LogP contribution in [-0.4, -0.2) is 52.9 Å². The zero-order chi connectivity index (χ0) is 20.4. The topological polar surface area (TPSA) is 76.1 Å². The second kappa shape index (κ2) is 8.45. The molecule has 1 saturated carbocycles. The average molecular weight is 419 g/mol. The van der Waals surface area contributed by atoms with Crippen molar-refractivity contribution in [1.82, 2.24) is 9.80 Å². The zero-order valence-electron chi connectivity index (χ0n) is 16.1. The van der Waals surface area contributed by atoms with E-state index in [4.69, 9.17) is 21.1 Å². The highest BCUT2D eigenvalue weighted by Gasteiger charge is 2.45. The van der Waals surface area contributed by atoms with Crippen LogP contribution in [0.2, 0.25) is 0 Å². The van der Waals surface area contributed by atoms with Crippen LogP contribution in [-0.2, 0) is 9.59 Å². The molecule has 0 atom stereocenters. The summed E-state index contributed by atoms with van der Waals surface area (Å²) in [4.78, 5) is 41.8. The molecule has 0 aromatic heterocycles. The third-order valence-corrected chi connectivity index (χ3v) is 5.81. The van der Waals surface area contributed by atoms with Crippen LogP contribution in [0.3, 0.4) is 0 Å². The molecule has 0 bridgehead atoms. The minimum atomic E-state index is -0.589. The van der Waals surface area contributed by atoms with E-state index >= 15 is 0 Å². The summed E-state index contributed by atoms with van der Waals surface area (Å²) in [6.07, 6.45) is 6.53. The Morgan fingerprint density at radius 3 is 2.62 bits per heavy atom. The molecule has 29 heavy (non-hydrogen) atoms. The van der Waals surface area contributed by atoms with Crippen molar-refractivity contribution in [2.24, 2.45) is 0 Å². The highest BCUT2D eigenvalue weighted by atomic mass is 35.5. The van der Waals surface area contributed by atoms with Crippen LogP contribution in [0.1, 0.15) is 44.1 Å². The van der Waals surface area contributed by atoms with Crippen molar-refractivity contribution in [3.05, 3.63) is 29.3 Å². The monoisotopic (exact) mass is 418 g/mol. The molecule has 7 nitrogen and oxygen atoms in total. The highest BCUT2D eigenvalue weighted by Crippen LogP contribution is 2.37. The SMILES string of the molecule is O=C1C(=Cc2cccc3c2OCO3)C(=O)N(C2CCCCC2)C(=O)N1CCCCl. The lowest BCUT2D eigenvalue weighted by Gasteiger charge is -2.39. The van der Waals surface area contributed by atoms with Crippen molar-refractivity contribution in [3.63, 3.8) is 0 Å². The number of para-hydroxylation sites is 1. The van der Waals surface area contributed by atoms with Crippen molar-refractivity contribution in [2.75, 3.05) is 19.2 Å². The van der Waals surface area contributed by atoms with Gasteiger partial charge in [0.2, 0.25) is 6.79 Å². The van der Waals surface area contributed by atoms with Crippen LogP contribution >= 0.6 is 11.6 Å². The molecule has 2 heterocycles. The largest absolute Gasteiger partial charge is 0.454 e. The molecule has 1 aromatic rings. The van der Waals surface area contributed by atoms with Gasteiger partial charge < -0.3 is 9.47 Å². The van der Waals surface area contributed by atoms with Crippen LogP contribution in [0, 0.1) is 0 Å². The van der Waals surface area contributed by atoms with Gasteiger partial charge in [-0.2, -0.15) is 0 Å². The first kappa shape index (κ1) is 19.8. The van der Waals surface area contributed by atoms with E-state index in [-0.39, 0.29) is 25.0 Å². The van der Waals surface area contributed by atoms with E-state index in [9.17, 15) is 14.4 Å². The number of alkyl halides is 1. The van der Waals surface area contributed by atoms with Gasteiger partial charge in [-0.15, -0.1) is 11.6 Å². The smallest absolute Gasteiger partial charge is 0.334 e. The summed E-state index contributed by atoms with van der Waals surface area (Å²) in [6, 6.07) is 4.57. The van der Waals surface area contributed by atoms with E-state index in [0.29, 0.717) is 29.4 Å². The summed E-state index contributed by atoms with van der Waals surface area (Å²) in [5, 5.41) is 0. The molecule has 0 unspecified atom stereocenters. The summed E-state index contributed by atoms with van der Waals surface area (Å²) in [5.74, 6) is 0.257. The van der Waals surface area contributed by atoms with E-state index in [2.05, 4.69) is 0 Å². The summed E-state index contributed by atoms with van der Waals surface area (Å²) >= 11 is 5.79. The standard InChI is InChI=1S/C21H23ClN2O5/c22-10-5-11-23-19(25)16(12-14-6-4-9-17-18(14)29-13-28-17)20(26)24(21(23)27)15-7-2-1-3-8-15/h4,6,9,12,15H,1-3,5,7-8,10-11,13H2. The summed E-state index contributed by atoms with van der Waals surface area (Å²) in [5.41, 5.74) is 0.542. The average Bonchev–Trinajstić information content (AvgIpc) is 3.22. The van der Waals surface area contributed by atoms with Crippen molar-refractivity contribution < 1.29 is 23.9 Å². The normalized spacial score (nSPS) is 21.4. The number of hydrogen-bond donors (Lipinski definition) is 0. The fourth-order valence-corrected chi connectivity index (χ4v) is 4.21. The number of urea groups is 1. The van der Waals surface area contributed by atoms with Gasteiger partial charge in [0, 0.05) is 24.0 Å². The van der Waals surface area contributed by atoms with Gasteiger partial charge in [0.1, 0.15) is 5.57 Å². The number of hydrogen-bond acceptors (Lipinski definition) is 5. The predicted molar refractivity (Wildman–Crippen MR) is 107 cm³/mol. The Morgan fingerprint density at radius 1 is 1.07 bits per heavy atom. The van der Waals surface area contributed by atoms with Crippen LogP contribution in [0.5, 0.6) is 11.5 Å². The molecular weight excluding hydrogens is 396 g/mol. The van der Waals surface area contributed by atoms with E-state index in [1.165, 1.54) is 11.0 Å². The van der Waals surface area contributed by atoms with Crippen LogP contribution in [0.4, 0.5) is 4.79 Å². The first-order valence-corrected chi connectivity index (χ1v) is 10.5. The molecule has 0 N–H and O–H groups in total. The van der Waals surface area contributed by atoms with Crippen LogP contribution in [0.15, 0.2) is 23.8 Å². The summed E-state index contributed by atoms with van der Waals surface area (Å²) < 4.78 is 10.9. The quantitative estimate of drug-likeness (QED) is 0.415. The molecule has 1 saturated heterocycles. The third kappa shape index (κ3) is 3.71. The van der Waals surface area contributed by atoms with Gasteiger partial charge in [0.25, 0.3) is 11.8 Å². The number of benzene rings is 1. The van der Waals surface area contributed by atoms with Crippen molar-refractivity contribution in [2.45, 2.75) is 44.6 Å². The Kier molecular flexibility index (Phi) is 5.76. The lowest BCUT2D eigenvalue weighted by molar-refractivity contribution is -0.137. The molecule has 1 aromatic carbocycles. The lowest BCUT2D eigenvalue weighted by atomic mass is 9.92. The second-order valence-corrected chi connectivity index (χ2v) is 7.77. The molecule has 8 heteroatoms. The molecule has 3 aliphatic rings. The molecular formula is C21H23ClN2O5. The van der Waals surface area contributed by atoms with Crippen molar-refractivity contribution in [3.8, 4) is 11.5 Å². The molecule has 4 amide bonds. The second-order valence-electron chi connectivity index (χ2n) is 7.39. The molecule has 0 radical (unpaired) electrons. The first-order valence-electron chi connectivity index (χ1n) is 9.97. The van der Waals surface area contributed by atoms with Gasteiger partial charge >= 0.3 is 6.03 Å². The number of fused-ring (bicyclic) bond motifs is 1. The number of barbiturate groups is 1. The third-order valence-electron chi connectivity index (χ3n) is 5.54. The van der Waals surface area contributed by atoms with Gasteiger partial charge in [-0.3, -0.25) is 19.4 Å². The zero-order valence-corrected chi connectivity index (χ0v) is 16.8. The number of carbonyl (C=O) groups is 3. The van der Waals surface area contributed by atoms with Crippen molar-refractivity contribution in [1.29, 1.82) is 0 Å². The first-order chi connectivity index (χ1) is 14.1. The molecule has 154 valence electrons. The summed E-state index contributed by atoms with van der Waals surface area (Å²) in [7, 11) is 0. The number of ether oxygens (including phenoxy) is 2. The fourth-order valence-electron chi connectivity index (χ4n) is 4.09. The van der Waals surface area contributed by atoms with E-state index in [1.807, 2.05) is 0 Å². The van der Waals surface area contributed by atoms with E-state index < -0.39 is 17.8 Å². The molecule has 1 aliphatic carbocycles. The van der Waals surface area contributed by atoms with Crippen molar-refractivity contribution >= 4 is 35.5 Å². The molecule has 0 spiro atoms. The number of amides is 4. The molecule has 2 aliphatic heterocycles. The minimum Gasteiger partial charge on any atom is -0.454 e. The van der Waals surface area contributed by atoms with Gasteiger partial charge in [-0.05, 0) is 31.4 Å². The maximum absolute atomic E-state index is 13.3. The number of imide groups is 2. The molecule has 4 rings (SSSR count). The highest BCUT2D eigenvalue weighted by molar-refractivity contribution is 6.31. The van der Waals surface area contributed by atoms with Gasteiger partial charge in [-0.1, -0.05) is 31.4 Å². The number of halogens is 1. The van der Waals surface area contributed by atoms with E-state index in [1.54, 1.807) is 18.2 Å². The number of nitrogens with zero attached hydrogens (tertiary/aromatic N) is 2. The number of carbonyl (C=O) groups excluding carboxylic acids is 3. The van der Waals surface area contributed by atoms with Gasteiger partial charge in [0.05, 0.1) is 0 Å². The van der Waals surface area contributed by atoms with E-state index in [0.717, 1.165) is 37.0 Å². The molecule has 2 fully saturated rings. The Bertz CT molecular complexity index is 863. The fraction of sp³-hybridized carbons (Fsp3) is 0.476. The summed E-state index contributed by atoms with van der Waals surface area (Å²) in [6.45, 7) is 0.271. The Balaban J connectivity index is 1.73. The predicted octanol–water partition coefficient (Wildman–Crippen LogP) is 3.55. The number of rotatable bonds is 5. The maximum atomic E-state index is 13.3. The Labute approximate surface area is 174 Å². The van der Waals surface area contributed by atoms with Crippen LogP contribution in [0.25, 0.3) is 6.08 Å². The van der Waals surface area contributed by atoms with Gasteiger partial charge in [0.15, 0.2) is 11.5 Å².